The molecule has 2 aromatic heterocycles. The number of unbranched alkanes of at least 4 members (excludes halogenated alkanes) is 1. The van der Waals surface area contributed by atoms with Crippen molar-refractivity contribution in [3.8, 4) is 5.88 Å². The zero-order valence-corrected chi connectivity index (χ0v) is 14.1. The van der Waals surface area contributed by atoms with Gasteiger partial charge in [-0.2, -0.15) is 0 Å². The molecule has 8 nitrogen and oxygen atoms in total. The van der Waals surface area contributed by atoms with Gasteiger partial charge in [-0.1, -0.05) is 0 Å². The van der Waals surface area contributed by atoms with Crippen LogP contribution in [0.1, 0.15) is 35.3 Å². The van der Waals surface area contributed by atoms with Crippen LogP contribution in [-0.4, -0.2) is 41.0 Å². The molecule has 0 saturated carbocycles. The van der Waals surface area contributed by atoms with Crippen molar-refractivity contribution in [2.45, 2.75) is 32.2 Å². The molecule has 0 fully saturated rings. The quantitative estimate of drug-likeness (QED) is 0.621. The van der Waals surface area contributed by atoms with Gasteiger partial charge in [-0.25, -0.2) is 0 Å². The first-order valence-electron chi connectivity index (χ1n) is 8.09. The smallest absolute Gasteiger partial charge is 0.254 e. The van der Waals surface area contributed by atoms with E-state index in [-0.39, 0.29) is 24.2 Å². The summed E-state index contributed by atoms with van der Waals surface area (Å²) < 4.78 is 9.90. The number of rotatable bonds is 10. The third-order valence-electron chi connectivity index (χ3n) is 3.59. The van der Waals surface area contributed by atoms with Gasteiger partial charge in [-0.05, 0) is 50.0 Å². The second-order valence-corrected chi connectivity index (χ2v) is 5.59. The lowest BCUT2D eigenvalue weighted by atomic mass is 10.0. The van der Waals surface area contributed by atoms with E-state index in [4.69, 9.17) is 10.5 Å². The van der Waals surface area contributed by atoms with Crippen molar-refractivity contribution in [2.75, 3.05) is 13.2 Å². The number of pyridine rings is 1. The van der Waals surface area contributed by atoms with Gasteiger partial charge in [0.05, 0.1) is 11.6 Å². The average molecular weight is 346 g/mol. The number of Topliss-reactive ketones (excluding diaryl/α,β-unsaturated/α-hetero) is 1. The van der Waals surface area contributed by atoms with Gasteiger partial charge in [0.25, 0.3) is 11.8 Å². The monoisotopic (exact) mass is 346 g/mol. The molecule has 0 radical (unpaired) electrons. The number of aryl methyl sites for hydroxylation is 1. The van der Waals surface area contributed by atoms with E-state index in [1.54, 1.807) is 12.1 Å². The van der Waals surface area contributed by atoms with Gasteiger partial charge in [-0.15, -0.1) is 0 Å². The number of ether oxygens (including phenoxy) is 1. The van der Waals surface area contributed by atoms with Crippen LogP contribution in [-0.2, 0) is 4.79 Å². The summed E-state index contributed by atoms with van der Waals surface area (Å²) in [5.74, 6) is -0.364. The highest BCUT2D eigenvalue weighted by Gasteiger charge is 2.22. The molecule has 0 bridgehead atoms. The van der Waals surface area contributed by atoms with Crippen molar-refractivity contribution in [2.24, 2.45) is 5.73 Å². The Bertz CT molecular complexity index is 670. The Balaban J connectivity index is 1.96. The lowest BCUT2D eigenvalue weighted by Crippen LogP contribution is -2.43. The summed E-state index contributed by atoms with van der Waals surface area (Å²) in [6, 6.07) is 4.26. The van der Waals surface area contributed by atoms with Crippen LogP contribution < -0.4 is 15.8 Å². The summed E-state index contributed by atoms with van der Waals surface area (Å²) in [6.07, 6.45) is 4.82. The van der Waals surface area contributed by atoms with Crippen LogP contribution in [0, 0.1) is 6.92 Å². The molecule has 0 aliphatic rings. The third kappa shape index (κ3) is 6.00. The average Bonchev–Trinajstić information content (AvgIpc) is 3.13. The number of nitrogens with two attached hydrogens (primary N) is 1. The molecule has 0 aliphatic carbocycles. The first-order valence-corrected chi connectivity index (χ1v) is 8.09. The summed E-state index contributed by atoms with van der Waals surface area (Å²) in [5.41, 5.74) is 6.71. The molecule has 1 amide bonds. The van der Waals surface area contributed by atoms with Gasteiger partial charge in [0, 0.05) is 18.0 Å². The number of ketones is 1. The molecule has 0 spiro atoms. The normalized spacial score (nSPS) is 11.8. The van der Waals surface area contributed by atoms with E-state index in [0.29, 0.717) is 18.5 Å². The van der Waals surface area contributed by atoms with Crippen molar-refractivity contribution in [1.29, 1.82) is 0 Å². The van der Waals surface area contributed by atoms with Gasteiger partial charge >= 0.3 is 0 Å². The topological polar surface area (TPSA) is 120 Å². The lowest BCUT2D eigenvalue weighted by Gasteiger charge is -2.17. The molecule has 1 unspecified atom stereocenters. The summed E-state index contributed by atoms with van der Waals surface area (Å²) in [7, 11) is 0. The highest BCUT2D eigenvalue weighted by molar-refractivity contribution is 5.98. The summed E-state index contributed by atoms with van der Waals surface area (Å²) in [4.78, 5) is 28.8. The van der Waals surface area contributed by atoms with Crippen molar-refractivity contribution in [1.82, 2.24) is 15.5 Å². The molecule has 3 N–H and O–H groups in total. The molecule has 8 heteroatoms. The molecule has 2 heterocycles. The third-order valence-corrected chi connectivity index (χ3v) is 3.59. The first-order chi connectivity index (χ1) is 12.1. The Labute approximate surface area is 145 Å². The number of nitrogens with zero attached hydrogens (tertiary/aromatic N) is 2. The molecule has 0 aromatic carbocycles. The molecular weight excluding hydrogens is 324 g/mol. The maximum Gasteiger partial charge on any atom is 0.254 e. The molecular formula is C17H22N4O4. The number of hydrogen-bond acceptors (Lipinski definition) is 7. The van der Waals surface area contributed by atoms with E-state index in [1.807, 2.05) is 6.92 Å². The predicted octanol–water partition coefficient (Wildman–Crippen LogP) is 1.25. The molecule has 0 saturated heterocycles. The minimum absolute atomic E-state index is 0.202. The minimum Gasteiger partial charge on any atom is -0.467 e. The molecule has 2 aromatic rings. The van der Waals surface area contributed by atoms with Crippen LogP contribution in [0.25, 0.3) is 0 Å². The van der Waals surface area contributed by atoms with Crippen molar-refractivity contribution in [3.63, 3.8) is 0 Å². The molecule has 1 atom stereocenters. The number of amides is 1. The molecule has 0 aliphatic heterocycles. The maximum atomic E-state index is 12.4. The van der Waals surface area contributed by atoms with Gasteiger partial charge in [-0.3, -0.25) is 14.6 Å². The number of carbonyl (C=O) groups excluding carboxylic acids is 2. The Kier molecular flexibility index (Phi) is 7.09. The van der Waals surface area contributed by atoms with Crippen LogP contribution in [0.3, 0.4) is 0 Å². The van der Waals surface area contributed by atoms with Crippen molar-refractivity contribution in [3.05, 3.63) is 41.9 Å². The van der Waals surface area contributed by atoms with E-state index in [9.17, 15) is 9.59 Å². The van der Waals surface area contributed by atoms with Gasteiger partial charge in [0.15, 0.2) is 12.4 Å². The Morgan fingerprint density at radius 2 is 2.16 bits per heavy atom. The zero-order valence-electron chi connectivity index (χ0n) is 14.1. The largest absolute Gasteiger partial charge is 0.467 e. The van der Waals surface area contributed by atoms with Gasteiger partial charge in [0.1, 0.15) is 6.26 Å². The highest BCUT2D eigenvalue weighted by Crippen LogP contribution is 2.08. The van der Waals surface area contributed by atoms with E-state index in [0.717, 1.165) is 18.5 Å². The summed E-state index contributed by atoms with van der Waals surface area (Å²) >= 11 is 0. The fourth-order valence-corrected chi connectivity index (χ4v) is 2.17. The first kappa shape index (κ1) is 18.6. The fraction of sp³-hybridized carbons (Fsp3) is 0.412. The predicted molar refractivity (Wildman–Crippen MR) is 90.1 cm³/mol. The van der Waals surface area contributed by atoms with E-state index >= 15 is 0 Å². The van der Waals surface area contributed by atoms with Crippen LogP contribution >= 0.6 is 0 Å². The molecule has 2 rings (SSSR count). The lowest BCUT2D eigenvalue weighted by molar-refractivity contribution is -0.123. The van der Waals surface area contributed by atoms with Crippen LogP contribution in [0.4, 0.5) is 0 Å². The summed E-state index contributed by atoms with van der Waals surface area (Å²) in [6.45, 7) is 2.17. The van der Waals surface area contributed by atoms with Crippen LogP contribution in [0.15, 0.2) is 35.2 Å². The Hall–Kier alpha value is -2.74. The van der Waals surface area contributed by atoms with Gasteiger partial charge < -0.3 is 20.3 Å². The van der Waals surface area contributed by atoms with E-state index < -0.39 is 6.04 Å². The Morgan fingerprint density at radius 1 is 1.32 bits per heavy atom. The van der Waals surface area contributed by atoms with Gasteiger partial charge in [0.2, 0.25) is 0 Å². The second-order valence-electron chi connectivity index (χ2n) is 5.59. The van der Waals surface area contributed by atoms with Crippen LogP contribution in [0.2, 0.25) is 0 Å². The number of nitrogens with one attached hydrogen (secondary N) is 1. The standard InChI is InChI=1S/C17H22N4O4/c1-12-5-6-13(10-19-12)17(23)20-14(4-2-3-8-18)15(22)11-24-16-7-9-25-21-16/h5-7,9-10,14H,2-4,8,11,18H2,1H3,(H,20,23). The Morgan fingerprint density at radius 3 is 2.80 bits per heavy atom. The summed E-state index contributed by atoms with van der Waals surface area (Å²) in [5, 5.41) is 6.33. The maximum absolute atomic E-state index is 12.4. The van der Waals surface area contributed by atoms with Crippen LogP contribution in [0.5, 0.6) is 5.88 Å². The van der Waals surface area contributed by atoms with Crippen molar-refractivity contribution >= 4 is 11.7 Å². The number of hydrogen-bond donors (Lipinski definition) is 2. The number of aromatic nitrogens is 2. The van der Waals surface area contributed by atoms with Crippen molar-refractivity contribution < 1.29 is 18.8 Å². The van der Waals surface area contributed by atoms with E-state index in [1.165, 1.54) is 18.5 Å². The fourth-order valence-electron chi connectivity index (χ4n) is 2.17. The number of carbonyl (C=O) groups is 2. The minimum atomic E-state index is -0.660. The second kappa shape index (κ2) is 9.53. The highest BCUT2D eigenvalue weighted by atomic mass is 16.5. The molecule has 134 valence electrons. The van der Waals surface area contributed by atoms with E-state index in [2.05, 4.69) is 20.0 Å². The zero-order chi connectivity index (χ0) is 18.1. The molecule has 25 heavy (non-hydrogen) atoms. The SMILES string of the molecule is Cc1ccc(C(=O)NC(CCCCN)C(=O)COc2ccon2)cn1.